The lowest BCUT2D eigenvalue weighted by Gasteiger charge is -2.42. The molecule has 92 valence electrons. The summed E-state index contributed by atoms with van der Waals surface area (Å²) >= 11 is 13.2. The molecule has 4 atom stereocenters. The molecule has 0 radical (unpaired) electrons. The summed E-state index contributed by atoms with van der Waals surface area (Å²) in [4.78, 5) is -0.310. The molecule has 2 heteroatoms. The Morgan fingerprint density at radius 3 is 2.44 bits per heavy atom. The van der Waals surface area contributed by atoms with Crippen molar-refractivity contribution < 1.29 is 0 Å². The molecule has 0 amide bonds. The van der Waals surface area contributed by atoms with E-state index in [9.17, 15) is 0 Å². The number of hydrogen-bond donors (Lipinski definition) is 0. The van der Waals surface area contributed by atoms with E-state index in [1.165, 1.54) is 0 Å². The van der Waals surface area contributed by atoms with Crippen LogP contribution in [-0.2, 0) is 0 Å². The van der Waals surface area contributed by atoms with Crippen molar-refractivity contribution in [2.45, 2.75) is 45.4 Å². The molecule has 0 N–H and O–H groups in total. The topological polar surface area (TPSA) is 0 Å². The van der Waals surface area contributed by atoms with Gasteiger partial charge in [0.15, 0.2) is 0 Å². The van der Waals surface area contributed by atoms with Crippen LogP contribution in [0.2, 0.25) is 0 Å². The summed E-state index contributed by atoms with van der Waals surface area (Å²) in [6, 6.07) is 0. The fourth-order valence-electron chi connectivity index (χ4n) is 2.43. The first-order valence-electron chi connectivity index (χ1n) is 6.21. The Morgan fingerprint density at radius 2 is 1.94 bits per heavy atom. The Balaban J connectivity index is 3.07. The fraction of sp³-hybridized carbons (Fsp3) is 0.714. The van der Waals surface area contributed by atoms with Crippen LogP contribution in [0.3, 0.4) is 0 Å². The SMILES string of the molecule is CCC(C)C1C(Cl)=CC=CC1(Cl)C(C)CC. The van der Waals surface area contributed by atoms with Crippen LogP contribution in [0.15, 0.2) is 23.3 Å². The summed E-state index contributed by atoms with van der Waals surface area (Å²) < 4.78 is 0. The van der Waals surface area contributed by atoms with Gasteiger partial charge in [0, 0.05) is 11.0 Å². The van der Waals surface area contributed by atoms with E-state index in [0.717, 1.165) is 17.9 Å². The highest BCUT2D eigenvalue weighted by atomic mass is 35.5. The fourth-order valence-corrected chi connectivity index (χ4v) is 3.52. The number of rotatable bonds is 4. The average molecular weight is 261 g/mol. The number of allylic oxidation sites excluding steroid dienone is 4. The van der Waals surface area contributed by atoms with Crippen LogP contribution in [0.25, 0.3) is 0 Å². The molecule has 1 rings (SSSR count). The number of hydrogen-bond acceptors (Lipinski definition) is 0. The minimum atomic E-state index is -0.310. The molecule has 0 nitrogen and oxygen atoms in total. The van der Waals surface area contributed by atoms with Crippen LogP contribution < -0.4 is 0 Å². The lowest BCUT2D eigenvalue weighted by atomic mass is 9.71. The second-order valence-electron chi connectivity index (χ2n) is 4.91. The van der Waals surface area contributed by atoms with Crippen molar-refractivity contribution in [1.82, 2.24) is 0 Å². The number of alkyl halides is 1. The first kappa shape index (κ1) is 14.1. The Hall–Kier alpha value is 0.0600. The summed E-state index contributed by atoms with van der Waals surface area (Å²) in [5.41, 5.74) is 0. The van der Waals surface area contributed by atoms with E-state index in [-0.39, 0.29) is 10.8 Å². The largest absolute Gasteiger partial charge is 0.114 e. The molecule has 0 fully saturated rings. The van der Waals surface area contributed by atoms with Gasteiger partial charge in [0.05, 0.1) is 4.87 Å². The van der Waals surface area contributed by atoms with Crippen LogP contribution in [0.1, 0.15) is 40.5 Å². The minimum Gasteiger partial charge on any atom is -0.114 e. The maximum atomic E-state index is 6.85. The van der Waals surface area contributed by atoms with Crippen LogP contribution in [0.5, 0.6) is 0 Å². The first-order valence-corrected chi connectivity index (χ1v) is 6.96. The zero-order valence-corrected chi connectivity index (χ0v) is 12.1. The Morgan fingerprint density at radius 1 is 1.31 bits per heavy atom. The molecule has 0 aromatic heterocycles. The van der Waals surface area contributed by atoms with Crippen molar-refractivity contribution in [2.75, 3.05) is 0 Å². The first-order chi connectivity index (χ1) is 7.47. The van der Waals surface area contributed by atoms with Crippen molar-refractivity contribution in [3.8, 4) is 0 Å². The zero-order valence-electron chi connectivity index (χ0n) is 10.6. The molecule has 1 aliphatic rings. The molecule has 0 saturated carbocycles. The van der Waals surface area contributed by atoms with Gasteiger partial charge in [-0.15, -0.1) is 11.6 Å². The van der Waals surface area contributed by atoms with Gasteiger partial charge in [-0.05, 0) is 17.9 Å². The van der Waals surface area contributed by atoms with Gasteiger partial charge in [0.2, 0.25) is 0 Å². The van der Waals surface area contributed by atoms with Gasteiger partial charge in [0.25, 0.3) is 0 Å². The molecule has 0 aliphatic heterocycles. The second kappa shape index (κ2) is 5.60. The maximum Gasteiger partial charge on any atom is 0.0733 e. The molecule has 0 saturated heterocycles. The molecule has 16 heavy (non-hydrogen) atoms. The van der Waals surface area contributed by atoms with Gasteiger partial charge in [0.1, 0.15) is 0 Å². The third kappa shape index (κ3) is 2.49. The summed E-state index contributed by atoms with van der Waals surface area (Å²) in [7, 11) is 0. The quantitative estimate of drug-likeness (QED) is 0.597. The summed E-state index contributed by atoms with van der Waals surface area (Å²) in [5, 5.41) is 0.909. The van der Waals surface area contributed by atoms with Gasteiger partial charge in [-0.2, -0.15) is 0 Å². The molecule has 1 aliphatic carbocycles. The van der Waals surface area contributed by atoms with Gasteiger partial charge < -0.3 is 0 Å². The van der Waals surface area contributed by atoms with E-state index in [0.29, 0.717) is 11.8 Å². The van der Waals surface area contributed by atoms with Crippen LogP contribution in [0, 0.1) is 17.8 Å². The van der Waals surface area contributed by atoms with Crippen LogP contribution in [0.4, 0.5) is 0 Å². The lowest BCUT2D eigenvalue weighted by Crippen LogP contribution is -2.41. The van der Waals surface area contributed by atoms with E-state index in [1.54, 1.807) is 0 Å². The normalized spacial score (nSPS) is 33.4. The van der Waals surface area contributed by atoms with Crippen molar-refractivity contribution in [3.05, 3.63) is 23.3 Å². The van der Waals surface area contributed by atoms with Crippen molar-refractivity contribution in [3.63, 3.8) is 0 Å². The molecular formula is C14H22Cl2. The van der Waals surface area contributed by atoms with E-state index in [4.69, 9.17) is 23.2 Å². The third-order valence-corrected chi connectivity index (χ3v) is 5.06. The zero-order chi connectivity index (χ0) is 12.3. The third-order valence-electron chi connectivity index (χ3n) is 3.96. The van der Waals surface area contributed by atoms with Crippen molar-refractivity contribution in [2.24, 2.45) is 17.8 Å². The van der Waals surface area contributed by atoms with Crippen molar-refractivity contribution in [1.29, 1.82) is 0 Å². The monoisotopic (exact) mass is 260 g/mol. The maximum absolute atomic E-state index is 6.85. The Labute approximate surface area is 110 Å². The predicted molar refractivity (Wildman–Crippen MR) is 74.1 cm³/mol. The molecule has 0 bridgehead atoms. The van der Waals surface area contributed by atoms with Gasteiger partial charge in [-0.3, -0.25) is 0 Å². The van der Waals surface area contributed by atoms with E-state index in [2.05, 4.69) is 33.8 Å². The number of halogens is 2. The van der Waals surface area contributed by atoms with Crippen LogP contribution >= 0.6 is 23.2 Å². The predicted octanol–water partition coefficient (Wildman–Crippen LogP) is 5.36. The van der Waals surface area contributed by atoms with E-state index in [1.807, 2.05) is 12.2 Å². The highest BCUT2D eigenvalue weighted by Crippen LogP contribution is 2.48. The lowest BCUT2D eigenvalue weighted by molar-refractivity contribution is 0.277. The van der Waals surface area contributed by atoms with Gasteiger partial charge in [-0.1, -0.05) is 64.3 Å². The molecule has 4 unspecified atom stereocenters. The highest BCUT2D eigenvalue weighted by molar-refractivity contribution is 6.33. The van der Waals surface area contributed by atoms with Gasteiger partial charge >= 0.3 is 0 Å². The summed E-state index contributed by atoms with van der Waals surface area (Å²) in [6.45, 7) is 8.82. The standard InChI is InChI=1S/C14H22Cl2/c1-5-10(3)13-12(15)8-7-9-14(13,16)11(4)6-2/h7-11,13H,5-6H2,1-4H3. The second-order valence-corrected chi connectivity index (χ2v) is 6.00. The van der Waals surface area contributed by atoms with Gasteiger partial charge in [-0.25, -0.2) is 0 Å². The summed E-state index contributed by atoms with van der Waals surface area (Å²) in [6.07, 6.45) is 8.30. The molecule has 0 heterocycles. The Bertz CT molecular complexity index is 293. The minimum absolute atomic E-state index is 0.251. The highest BCUT2D eigenvalue weighted by Gasteiger charge is 2.43. The van der Waals surface area contributed by atoms with E-state index < -0.39 is 0 Å². The molecule has 0 aromatic rings. The smallest absolute Gasteiger partial charge is 0.0733 e. The molecule has 0 aromatic carbocycles. The van der Waals surface area contributed by atoms with Crippen LogP contribution in [-0.4, -0.2) is 4.87 Å². The van der Waals surface area contributed by atoms with E-state index >= 15 is 0 Å². The average Bonchev–Trinajstić information content (AvgIpc) is 2.27. The molecule has 0 spiro atoms. The van der Waals surface area contributed by atoms with Crippen molar-refractivity contribution >= 4 is 23.2 Å². The summed E-state index contributed by atoms with van der Waals surface area (Å²) in [5.74, 6) is 1.20. The molecular weight excluding hydrogens is 239 g/mol. The Kier molecular flexibility index (Phi) is 4.94.